The summed E-state index contributed by atoms with van der Waals surface area (Å²) in [6.07, 6.45) is 0. The van der Waals surface area contributed by atoms with Crippen LogP contribution in [0.2, 0.25) is 0 Å². The molecule has 0 saturated heterocycles. The van der Waals surface area contributed by atoms with Crippen molar-refractivity contribution in [2.75, 3.05) is 0 Å². The van der Waals surface area contributed by atoms with Gasteiger partial charge in [0.2, 0.25) is 0 Å². The molecule has 0 aliphatic heterocycles. The molecule has 0 heteroatoms. The number of benzene rings is 3. The summed E-state index contributed by atoms with van der Waals surface area (Å²) in [6, 6.07) is 17.9. The third-order valence-electron chi connectivity index (χ3n) is 5.39. The zero-order valence-corrected chi connectivity index (χ0v) is 14.0. The molecule has 2 aliphatic carbocycles. The number of hydrogen-bond donors (Lipinski definition) is 0. The van der Waals surface area contributed by atoms with E-state index in [-0.39, 0.29) is 0 Å². The van der Waals surface area contributed by atoms with Crippen LogP contribution < -0.4 is 0 Å². The largest absolute Gasteiger partial charge is 0.0905 e. The molecule has 2 aliphatic rings. The molecule has 5 rings (SSSR count). The van der Waals surface area contributed by atoms with Crippen molar-refractivity contribution in [1.82, 2.24) is 0 Å². The van der Waals surface area contributed by atoms with E-state index in [9.17, 15) is 0 Å². The van der Waals surface area contributed by atoms with Crippen LogP contribution in [-0.4, -0.2) is 0 Å². The highest BCUT2D eigenvalue weighted by Gasteiger charge is 2.28. The predicted molar refractivity (Wildman–Crippen MR) is 103 cm³/mol. The van der Waals surface area contributed by atoms with Gasteiger partial charge >= 0.3 is 0 Å². The van der Waals surface area contributed by atoms with Crippen molar-refractivity contribution in [3.05, 3.63) is 95.1 Å². The highest BCUT2D eigenvalue weighted by atomic mass is 14.3. The normalized spacial score (nSPS) is 13.6. The van der Waals surface area contributed by atoms with Gasteiger partial charge in [-0.2, -0.15) is 0 Å². The zero-order valence-electron chi connectivity index (χ0n) is 14.0. The van der Waals surface area contributed by atoms with Gasteiger partial charge in [0.05, 0.1) is 0 Å². The molecule has 0 aromatic heterocycles. The SMILES string of the molecule is C=C1c2cc(C)ccc2-c2cc3c(cc21)-c1ccc(C)cc1C3=C. The second-order valence-corrected chi connectivity index (χ2v) is 7.00. The summed E-state index contributed by atoms with van der Waals surface area (Å²) in [6.45, 7) is 13.0. The third kappa shape index (κ3) is 1.58. The van der Waals surface area contributed by atoms with Gasteiger partial charge in [-0.25, -0.2) is 0 Å². The Hall–Kier alpha value is -2.86. The molecule has 0 saturated carbocycles. The Morgan fingerprint density at radius 1 is 0.458 bits per heavy atom. The van der Waals surface area contributed by atoms with Gasteiger partial charge < -0.3 is 0 Å². The first-order valence-corrected chi connectivity index (χ1v) is 8.34. The maximum atomic E-state index is 4.37. The monoisotopic (exact) mass is 306 g/mol. The van der Waals surface area contributed by atoms with Crippen LogP contribution in [0, 0.1) is 13.8 Å². The quantitative estimate of drug-likeness (QED) is 0.311. The molecule has 0 spiro atoms. The van der Waals surface area contributed by atoms with Crippen molar-refractivity contribution < 1.29 is 0 Å². The van der Waals surface area contributed by atoms with E-state index in [1.54, 1.807) is 0 Å². The number of aryl methyl sites for hydroxylation is 2. The van der Waals surface area contributed by atoms with Crippen LogP contribution in [0.4, 0.5) is 0 Å². The van der Waals surface area contributed by atoms with E-state index in [4.69, 9.17) is 0 Å². The first kappa shape index (κ1) is 13.6. The Kier molecular flexibility index (Phi) is 2.46. The van der Waals surface area contributed by atoms with Crippen molar-refractivity contribution in [3.63, 3.8) is 0 Å². The topological polar surface area (TPSA) is 0 Å². The summed E-state index contributed by atoms with van der Waals surface area (Å²) in [4.78, 5) is 0. The Morgan fingerprint density at radius 3 is 1.25 bits per heavy atom. The predicted octanol–water partition coefficient (Wildman–Crippen LogP) is 6.39. The molecule has 3 aromatic carbocycles. The van der Waals surface area contributed by atoms with Crippen LogP contribution in [0.25, 0.3) is 33.4 Å². The first-order valence-electron chi connectivity index (χ1n) is 8.34. The summed E-state index contributed by atoms with van der Waals surface area (Å²) in [5.74, 6) is 0. The molecule has 3 aromatic rings. The van der Waals surface area contributed by atoms with Crippen LogP contribution >= 0.6 is 0 Å². The molecular weight excluding hydrogens is 288 g/mol. The Labute approximate surface area is 142 Å². The first-order chi connectivity index (χ1) is 11.5. The van der Waals surface area contributed by atoms with Gasteiger partial charge in [0.25, 0.3) is 0 Å². The molecule has 0 amide bonds. The van der Waals surface area contributed by atoms with Crippen LogP contribution in [0.15, 0.2) is 61.7 Å². The van der Waals surface area contributed by atoms with Gasteiger partial charge in [-0.15, -0.1) is 0 Å². The molecule has 0 atom stereocenters. The van der Waals surface area contributed by atoms with E-state index in [1.807, 2.05) is 0 Å². The van der Waals surface area contributed by atoms with Crippen molar-refractivity contribution >= 4 is 11.1 Å². The minimum absolute atomic E-state index is 1.14. The van der Waals surface area contributed by atoms with E-state index in [2.05, 4.69) is 75.5 Å². The Morgan fingerprint density at radius 2 is 0.833 bits per heavy atom. The lowest BCUT2D eigenvalue weighted by molar-refractivity contribution is 1.46. The molecular formula is C24H18. The fourth-order valence-corrected chi connectivity index (χ4v) is 4.12. The van der Waals surface area contributed by atoms with Crippen molar-refractivity contribution in [1.29, 1.82) is 0 Å². The molecule has 24 heavy (non-hydrogen) atoms. The molecule has 114 valence electrons. The van der Waals surface area contributed by atoms with E-state index in [1.165, 1.54) is 55.6 Å². The second kappa shape index (κ2) is 4.36. The average Bonchev–Trinajstić information content (AvgIpc) is 2.99. The van der Waals surface area contributed by atoms with Crippen molar-refractivity contribution in [2.24, 2.45) is 0 Å². The van der Waals surface area contributed by atoms with Gasteiger partial charge in [0.15, 0.2) is 0 Å². The van der Waals surface area contributed by atoms with Gasteiger partial charge in [-0.3, -0.25) is 0 Å². The standard InChI is InChI=1S/C24H18/c1-13-5-7-17-19(9-13)15(3)21-11-24-18-8-6-14(2)10-20(18)16(4)22(24)12-23(17)21/h5-12H,3-4H2,1-2H3. The molecule has 0 unspecified atom stereocenters. The van der Waals surface area contributed by atoms with Crippen LogP contribution in [0.1, 0.15) is 33.4 Å². The van der Waals surface area contributed by atoms with Crippen LogP contribution in [-0.2, 0) is 0 Å². The Balaban J connectivity index is 1.80. The van der Waals surface area contributed by atoms with Gasteiger partial charge in [-0.05, 0) is 81.6 Å². The molecule has 0 heterocycles. The average molecular weight is 306 g/mol. The number of fused-ring (bicyclic) bond motifs is 6. The zero-order chi connectivity index (χ0) is 16.6. The smallest absolute Gasteiger partial charge is 0.00926 e. The fraction of sp³-hybridized carbons (Fsp3) is 0.0833. The molecule has 0 nitrogen and oxygen atoms in total. The summed E-state index contributed by atoms with van der Waals surface area (Å²) >= 11 is 0. The highest BCUT2D eigenvalue weighted by molar-refractivity contribution is 6.07. The molecule has 0 radical (unpaired) electrons. The number of rotatable bonds is 0. The van der Waals surface area contributed by atoms with Gasteiger partial charge in [0.1, 0.15) is 0 Å². The van der Waals surface area contributed by atoms with Crippen molar-refractivity contribution in [2.45, 2.75) is 13.8 Å². The van der Waals surface area contributed by atoms with E-state index < -0.39 is 0 Å². The summed E-state index contributed by atoms with van der Waals surface area (Å²) < 4.78 is 0. The van der Waals surface area contributed by atoms with Gasteiger partial charge in [0, 0.05) is 0 Å². The highest BCUT2D eigenvalue weighted by Crippen LogP contribution is 2.51. The van der Waals surface area contributed by atoms with E-state index in [0.717, 1.165) is 11.1 Å². The second-order valence-electron chi connectivity index (χ2n) is 7.00. The lowest BCUT2D eigenvalue weighted by Crippen LogP contribution is -1.84. The van der Waals surface area contributed by atoms with E-state index >= 15 is 0 Å². The van der Waals surface area contributed by atoms with E-state index in [0.29, 0.717) is 0 Å². The third-order valence-corrected chi connectivity index (χ3v) is 5.39. The van der Waals surface area contributed by atoms with Crippen LogP contribution in [0.5, 0.6) is 0 Å². The van der Waals surface area contributed by atoms with Gasteiger partial charge in [-0.1, -0.05) is 60.7 Å². The minimum Gasteiger partial charge on any atom is -0.0905 e. The Bertz CT molecular complexity index is 1000. The lowest BCUT2D eigenvalue weighted by Gasteiger charge is -2.07. The maximum Gasteiger partial charge on any atom is -0.00926 e. The van der Waals surface area contributed by atoms with Crippen LogP contribution in [0.3, 0.4) is 0 Å². The molecule has 0 fully saturated rings. The summed E-state index contributed by atoms with van der Waals surface area (Å²) in [5, 5.41) is 0. The molecule has 0 N–H and O–H groups in total. The summed E-state index contributed by atoms with van der Waals surface area (Å²) in [7, 11) is 0. The van der Waals surface area contributed by atoms with Crippen molar-refractivity contribution in [3.8, 4) is 22.3 Å². The number of hydrogen-bond acceptors (Lipinski definition) is 0. The summed E-state index contributed by atoms with van der Waals surface area (Å²) in [5.41, 5.74) is 15.1. The maximum absolute atomic E-state index is 4.37. The molecule has 0 bridgehead atoms. The lowest BCUT2D eigenvalue weighted by atomic mass is 9.96. The fourth-order valence-electron chi connectivity index (χ4n) is 4.12. The minimum atomic E-state index is 1.14.